The number of rotatable bonds is 5. The predicted octanol–water partition coefficient (Wildman–Crippen LogP) is 3.16. The van der Waals surface area contributed by atoms with E-state index in [2.05, 4.69) is 41.4 Å². The zero-order valence-electron chi connectivity index (χ0n) is 11.8. The molecular weight excluding hydrogens is 260 g/mol. The molecule has 0 radical (unpaired) electrons. The van der Waals surface area contributed by atoms with Crippen molar-refractivity contribution in [2.45, 2.75) is 6.42 Å². The second-order valence-electron chi connectivity index (χ2n) is 4.94. The van der Waals surface area contributed by atoms with Crippen molar-refractivity contribution in [3.8, 4) is 5.75 Å². The van der Waals surface area contributed by atoms with Crippen molar-refractivity contribution < 1.29 is 4.74 Å². The fraction of sp³-hybridized carbons (Fsp3) is 0.167. The third-order valence-corrected chi connectivity index (χ3v) is 3.44. The van der Waals surface area contributed by atoms with Gasteiger partial charge < -0.3 is 10.5 Å². The summed E-state index contributed by atoms with van der Waals surface area (Å²) in [5.74, 6) is 0.857. The van der Waals surface area contributed by atoms with Crippen LogP contribution in [-0.2, 0) is 6.42 Å². The van der Waals surface area contributed by atoms with Crippen molar-refractivity contribution in [3.05, 3.63) is 72.1 Å². The number of hydrogen-bond acceptors (Lipinski definition) is 3. The second-order valence-corrected chi connectivity index (χ2v) is 4.94. The Hall–Kier alpha value is -2.39. The molecule has 106 valence electrons. The predicted molar refractivity (Wildman–Crippen MR) is 85.5 cm³/mol. The van der Waals surface area contributed by atoms with Crippen LogP contribution in [0.2, 0.25) is 0 Å². The lowest BCUT2D eigenvalue weighted by Crippen LogP contribution is -2.10. The van der Waals surface area contributed by atoms with E-state index in [4.69, 9.17) is 10.5 Å². The SMILES string of the molecule is NCCOc1ccc(Cc2nccc3ccccc23)cc1. The molecular formula is C18H18N2O. The van der Waals surface area contributed by atoms with Crippen LogP contribution in [0.3, 0.4) is 0 Å². The third kappa shape index (κ3) is 3.20. The summed E-state index contributed by atoms with van der Waals surface area (Å²) >= 11 is 0. The van der Waals surface area contributed by atoms with Crippen molar-refractivity contribution in [3.63, 3.8) is 0 Å². The molecule has 21 heavy (non-hydrogen) atoms. The molecule has 2 aromatic carbocycles. The smallest absolute Gasteiger partial charge is 0.119 e. The summed E-state index contributed by atoms with van der Waals surface area (Å²) in [7, 11) is 0. The van der Waals surface area contributed by atoms with Gasteiger partial charge in [0.05, 0.1) is 5.69 Å². The number of hydrogen-bond donors (Lipinski definition) is 1. The first kappa shape index (κ1) is 13.6. The first-order valence-corrected chi connectivity index (χ1v) is 7.11. The summed E-state index contributed by atoms with van der Waals surface area (Å²) in [6, 6.07) is 18.5. The van der Waals surface area contributed by atoms with Crippen LogP contribution in [0.5, 0.6) is 5.75 Å². The minimum atomic E-state index is 0.529. The number of nitrogens with two attached hydrogens (primary N) is 1. The van der Waals surface area contributed by atoms with E-state index in [0.717, 1.165) is 17.9 Å². The zero-order valence-corrected chi connectivity index (χ0v) is 11.8. The molecule has 0 aliphatic heterocycles. The highest BCUT2D eigenvalue weighted by molar-refractivity contribution is 5.84. The number of ether oxygens (including phenoxy) is 1. The molecule has 3 rings (SSSR count). The Morgan fingerprint density at radius 1 is 0.952 bits per heavy atom. The summed E-state index contributed by atoms with van der Waals surface area (Å²) in [4.78, 5) is 4.53. The van der Waals surface area contributed by atoms with Crippen LogP contribution in [0.1, 0.15) is 11.3 Å². The summed E-state index contributed by atoms with van der Waals surface area (Å²) in [6.07, 6.45) is 2.69. The Kier molecular flexibility index (Phi) is 4.12. The number of aromatic nitrogens is 1. The van der Waals surface area contributed by atoms with Gasteiger partial charge in [-0.2, -0.15) is 0 Å². The van der Waals surface area contributed by atoms with E-state index >= 15 is 0 Å². The second kappa shape index (κ2) is 6.37. The van der Waals surface area contributed by atoms with Gasteiger partial charge in [-0.25, -0.2) is 0 Å². The molecule has 0 bridgehead atoms. The quantitative estimate of drug-likeness (QED) is 0.780. The normalized spacial score (nSPS) is 10.7. The maximum atomic E-state index is 5.49. The van der Waals surface area contributed by atoms with E-state index in [0.29, 0.717) is 13.2 Å². The molecule has 3 aromatic rings. The molecule has 0 saturated heterocycles. The van der Waals surface area contributed by atoms with E-state index < -0.39 is 0 Å². The van der Waals surface area contributed by atoms with Crippen molar-refractivity contribution >= 4 is 10.8 Å². The van der Waals surface area contributed by atoms with Gasteiger partial charge in [0.15, 0.2) is 0 Å². The van der Waals surface area contributed by atoms with E-state index in [1.54, 1.807) is 0 Å². The van der Waals surface area contributed by atoms with Gasteiger partial charge in [-0.1, -0.05) is 36.4 Å². The topological polar surface area (TPSA) is 48.1 Å². The average Bonchev–Trinajstić information content (AvgIpc) is 2.55. The van der Waals surface area contributed by atoms with E-state index in [1.165, 1.54) is 16.3 Å². The highest BCUT2D eigenvalue weighted by Gasteiger charge is 2.03. The maximum absolute atomic E-state index is 5.49. The molecule has 0 saturated carbocycles. The minimum absolute atomic E-state index is 0.529. The monoisotopic (exact) mass is 278 g/mol. The maximum Gasteiger partial charge on any atom is 0.119 e. The molecule has 3 heteroatoms. The van der Waals surface area contributed by atoms with Crippen LogP contribution in [0, 0.1) is 0 Å². The lowest BCUT2D eigenvalue weighted by Gasteiger charge is -2.07. The molecule has 3 nitrogen and oxygen atoms in total. The average molecular weight is 278 g/mol. The van der Waals surface area contributed by atoms with Crippen LogP contribution >= 0.6 is 0 Å². The Morgan fingerprint density at radius 2 is 1.76 bits per heavy atom. The van der Waals surface area contributed by atoms with Gasteiger partial charge in [0.25, 0.3) is 0 Å². The van der Waals surface area contributed by atoms with E-state index in [-0.39, 0.29) is 0 Å². The third-order valence-electron chi connectivity index (χ3n) is 3.44. The van der Waals surface area contributed by atoms with Crippen molar-refractivity contribution in [1.82, 2.24) is 4.98 Å². The fourth-order valence-corrected chi connectivity index (χ4v) is 2.40. The molecule has 0 amide bonds. The fourth-order valence-electron chi connectivity index (χ4n) is 2.40. The first-order valence-electron chi connectivity index (χ1n) is 7.11. The van der Waals surface area contributed by atoms with Crippen LogP contribution in [0.25, 0.3) is 10.8 Å². The highest BCUT2D eigenvalue weighted by Crippen LogP contribution is 2.20. The number of pyridine rings is 1. The van der Waals surface area contributed by atoms with Crippen molar-refractivity contribution in [2.75, 3.05) is 13.2 Å². The van der Waals surface area contributed by atoms with Gasteiger partial charge in [0.2, 0.25) is 0 Å². The van der Waals surface area contributed by atoms with Crippen LogP contribution in [-0.4, -0.2) is 18.1 Å². The molecule has 1 heterocycles. The van der Waals surface area contributed by atoms with Gasteiger partial charge >= 0.3 is 0 Å². The van der Waals surface area contributed by atoms with Crippen LogP contribution in [0.4, 0.5) is 0 Å². The van der Waals surface area contributed by atoms with Crippen LogP contribution in [0.15, 0.2) is 60.8 Å². The van der Waals surface area contributed by atoms with Crippen molar-refractivity contribution in [1.29, 1.82) is 0 Å². The van der Waals surface area contributed by atoms with Gasteiger partial charge in [-0.3, -0.25) is 4.98 Å². The molecule has 0 spiro atoms. The lowest BCUT2D eigenvalue weighted by molar-refractivity contribution is 0.328. The van der Waals surface area contributed by atoms with Gasteiger partial charge in [0.1, 0.15) is 12.4 Å². The Morgan fingerprint density at radius 3 is 2.57 bits per heavy atom. The van der Waals surface area contributed by atoms with E-state index in [1.807, 2.05) is 24.4 Å². The lowest BCUT2D eigenvalue weighted by atomic mass is 10.0. The summed E-state index contributed by atoms with van der Waals surface area (Å²) in [6.45, 7) is 1.08. The van der Waals surface area contributed by atoms with Gasteiger partial charge in [-0.05, 0) is 29.1 Å². The Balaban J connectivity index is 1.82. The largest absolute Gasteiger partial charge is 0.492 e. The first-order chi connectivity index (χ1) is 10.4. The highest BCUT2D eigenvalue weighted by atomic mass is 16.5. The van der Waals surface area contributed by atoms with Gasteiger partial charge in [-0.15, -0.1) is 0 Å². The number of benzene rings is 2. The summed E-state index contributed by atoms with van der Waals surface area (Å²) in [5, 5.41) is 2.44. The zero-order chi connectivity index (χ0) is 14.5. The standard InChI is InChI=1S/C18H18N2O/c19-10-12-21-16-7-5-14(6-8-16)13-18-17-4-2-1-3-15(17)9-11-20-18/h1-9,11H,10,12-13,19H2. The molecule has 0 atom stereocenters. The van der Waals surface area contributed by atoms with Gasteiger partial charge in [0, 0.05) is 24.5 Å². The molecule has 0 aliphatic carbocycles. The van der Waals surface area contributed by atoms with Crippen molar-refractivity contribution in [2.24, 2.45) is 5.73 Å². The molecule has 0 fully saturated rings. The summed E-state index contributed by atoms with van der Waals surface area (Å²) < 4.78 is 5.49. The molecule has 0 aliphatic rings. The van der Waals surface area contributed by atoms with Crippen LogP contribution < -0.4 is 10.5 Å². The molecule has 1 aromatic heterocycles. The minimum Gasteiger partial charge on any atom is -0.492 e. The Labute approximate surface area is 124 Å². The van der Waals surface area contributed by atoms with E-state index in [9.17, 15) is 0 Å². The number of fused-ring (bicyclic) bond motifs is 1. The molecule has 2 N–H and O–H groups in total. The molecule has 0 unspecified atom stereocenters. The number of nitrogens with zero attached hydrogens (tertiary/aromatic N) is 1. The Bertz CT molecular complexity index is 717. The summed E-state index contributed by atoms with van der Waals surface area (Å²) in [5.41, 5.74) is 7.75.